The fourth-order valence-corrected chi connectivity index (χ4v) is 1.90. The predicted octanol–water partition coefficient (Wildman–Crippen LogP) is 1.01. The molecule has 1 N–H and O–H groups in total. The van der Waals surface area contributed by atoms with E-state index in [2.05, 4.69) is 5.32 Å². The Balaban J connectivity index is 1.86. The van der Waals surface area contributed by atoms with Gasteiger partial charge in [-0.3, -0.25) is 4.79 Å². The first-order valence-electron chi connectivity index (χ1n) is 6.22. The van der Waals surface area contributed by atoms with Gasteiger partial charge in [-0.2, -0.15) is 0 Å². The molecule has 0 aromatic carbocycles. The van der Waals surface area contributed by atoms with Crippen LogP contribution in [-0.4, -0.2) is 50.7 Å². The molecule has 1 amide bonds. The van der Waals surface area contributed by atoms with Crippen molar-refractivity contribution < 1.29 is 9.53 Å². The van der Waals surface area contributed by atoms with E-state index in [9.17, 15) is 4.79 Å². The van der Waals surface area contributed by atoms with Crippen molar-refractivity contribution in [2.75, 3.05) is 33.8 Å². The van der Waals surface area contributed by atoms with E-state index in [1.54, 1.807) is 19.0 Å². The normalized spacial score (nSPS) is 16.6. The van der Waals surface area contributed by atoms with Crippen LogP contribution in [-0.2, 0) is 9.53 Å². The fraction of sp³-hybridized carbons (Fsp3) is 0.917. The van der Waals surface area contributed by atoms with Crippen LogP contribution in [0.2, 0.25) is 0 Å². The first kappa shape index (κ1) is 13.5. The number of hydrogen-bond acceptors (Lipinski definition) is 3. The molecule has 1 rings (SSSR count). The van der Waals surface area contributed by atoms with Crippen molar-refractivity contribution in [2.45, 2.75) is 38.2 Å². The lowest BCUT2D eigenvalue weighted by molar-refractivity contribution is -0.128. The number of nitrogens with zero attached hydrogens (tertiary/aromatic N) is 1. The van der Waals surface area contributed by atoms with Crippen molar-refractivity contribution >= 4 is 5.91 Å². The second kappa shape index (κ2) is 7.63. The number of carbonyl (C=O) groups excluding carboxylic acids is 1. The summed E-state index contributed by atoms with van der Waals surface area (Å²) in [4.78, 5) is 12.9. The van der Waals surface area contributed by atoms with Crippen LogP contribution in [0.1, 0.15) is 32.1 Å². The number of nitrogens with one attached hydrogen (secondary N) is 1. The van der Waals surface area contributed by atoms with Crippen LogP contribution in [0, 0.1) is 0 Å². The molecule has 4 heteroatoms. The van der Waals surface area contributed by atoms with Gasteiger partial charge in [0.25, 0.3) is 0 Å². The number of carbonyl (C=O) groups is 1. The van der Waals surface area contributed by atoms with Crippen molar-refractivity contribution in [3.8, 4) is 0 Å². The van der Waals surface area contributed by atoms with Crippen LogP contribution in [0.4, 0.5) is 0 Å². The molecule has 94 valence electrons. The molecule has 0 aliphatic heterocycles. The first-order valence-corrected chi connectivity index (χ1v) is 6.22. The second-order valence-corrected chi connectivity index (χ2v) is 4.57. The predicted molar refractivity (Wildman–Crippen MR) is 64.4 cm³/mol. The Morgan fingerprint density at radius 1 is 1.31 bits per heavy atom. The minimum Gasteiger partial charge on any atom is -0.377 e. The number of amides is 1. The summed E-state index contributed by atoms with van der Waals surface area (Å²) < 4.78 is 5.70. The van der Waals surface area contributed by atoms with Gasteiger partial charge in [0.15, 0.2) is 0 Å². The molecular formula is C12H24N2O2. The molecular weight excluding hydrogens is 204 g/mol. The minimum atomic E-state index is 0.171. The first-order chi connectivity index (χ1) is 7.70. The summed E-state index contributed by atoms with van der Waals surface area (Å²) in [6.45, 7) is 2.35. The van der Waals surface area contributed by atoms with Crippen molar-refractivity contribution in [3.63, 3.8) is 0 Å². The zero-order chi connectivity index (χ0) is 11.8. The van der Waals surface area contributed by atoms with E-state index >= 15 is 0 Å². The maximum atomic E-state index is 11.2. The molecule has 0 saturated heterocycles. The highest BCUT2D eigenvalue weighted by Gasteiger charge is 2.14. The van der Waals surface area contributed by atoms with Gasteiger partial charge in [0.2, 0.25) is 5.91 Å². The Hall–Kier alpha value is -0.610. The van der Waals surface area contributed by atoms with Gasteiger partial charge in [-0.1, -0.05) is 12.8 Å². The molecule has 0 aromatic heterocycles. The van der Waals surface area contributed by atoms with Gasteiger partial charge in [0.05, 0.1) is 12.7 Å². The van der Waals surface area contributed by atoms with E-state index in [1.807, 2.05) is 0 Å². The lowest BCUT2D eigenvalue weighted by atomic mass is 10.3. The SMILES string of the molecule is CN(C)C(=O)CCNCCOC1CCCC1. The molecule has 0 unspecified atom stereocenters. The fourth-order valence-electron chi connectivity index (χ4n) is 1.90. The molecule has 1 aliphatic rings. The summed E-state index contributed by atoms with van der Waals surface area (Å²) in [6, 6.07) is 0. The van der Waals surface area contributed by atoms with E-state index in [1.165, 1.54) is 25.7 Å². The Bertz CT molecular complexity index is 201. The zero-order valence-corrected chi connectivity index (χ0v) is 10.5. The number of ether oxygens (including phenoxy) is 1. The Labute approximate surface area is 98.3 Å². The van der Waals surface area contributed by atoms with E-state index in [0.717, 1.165) is 19.7 Å². The van der Waals surface area contributed by atoms with Gasteiger partial charge in [0, 0.05) is 33.6 Å². The number of hydrogen-bond donors (Lipinski definition) is 1. The topological polar surface area (TPSA) is 41.6 Å². The smallest absolute Gasteiger partial charge is 0.223 e. The van der Waals surface area contributed by atoms with Gasteiger partial charge in [-0.05, 0) is 12.8 Å². The van der Waals surface area contributed by atoms with Crippen LogP contribution in [0.3, 0.4) is 0 Å². The quantitative estimate of drug-likeness (QED) is 0.661. The van der Waals surface area contributed by atoms with Gasteiger partial charge in [0.1, 0.15) is 0 Å². The third kappa shape index (κ3) is 5.47. The summed E-state index contributed by atoms with van der Waals surface area (Å²) >= 11 is 0. The van der Waals surface area contributed by atoms with Crippen molar-refractivity contribution in [2.24, 2.45) is 0 Å². The Morgan fingerprint density at radius 3 is 2.62 bits per heavy atom. The monoisotopic (exact) mass is 228 g/mol. The molecule has 0 aromatic rings. The second-order valence-electron chi connectivity index (χ2n) is 4.57. The molecule has 0 bridgehead atoms. The minimum absolute atomic E-state index is 0.171. The largest absolute Gasteiger partial charge is 0.377 e. The lowest BCUT2D eigenvalue weighted by Gasteiger charge is -2.12. The molecule has 0 radical (unpaired) electrons. The highest BCUT2D eigenvalue weighted by Crippen LogP contribution is 2.20. The van der Waals surface area contributed by atoms with Crippen LogP contribution in [0.5, 0.6) is 0 Å². The summed E-state index contributed by atoms with van der Waals surface area (Å²) in [5, 5.41) is 3.22. The maximum absolute atomic E-state index is 11.2. The van der Waals surface area contributed by atoms with Gasteiger partial charge >= 0.3 is 0 Å². The molecule has 0 atom stereocenters. The third-order valence-electron chi connectivity index (χ3n) is 2.95. The average molecular weight is 228 g/mol. The summed E-state index contributed by atoms with van der Waals surface area (Å²) in [5.74, 6) is 0.171. The standard InChI is InChI=1S/C12H24N2O2/c1-14(2)12(15)7-8-13-9-10-16-11-5-3-4-6-11/h11,13H,3-10H2,1-2H3. The van der Waals surface area contributed by atoms with Crippen molar-refractivity contribution in [3.05, 3.63) is 0 Å². The molecule has 4 nitrogen and oxygen atoms in total. The molecule has 0 heterocycles. The maximum Gasteiger partial charge on any atom is 0.223 e. The van der Waals surface area contributed by atoms with Crippen molar-refractivity contribution in [1.29, 1.82) is 0 Å². The molecule has 1 aliphatic carbocycles. The zero-order valence-electron chi connectivity index (χ0n) is 10.5. The van der Waals surface area contributed by atoms with Crippen molar-refractivity contribution in [1.82, 2.24) is 10.2 Å². The third-order valence-corrected chi connectivity index (χ3v) is 2.95. The van der Waals surface area contributed by atoms with Crippen LogP contribution in [0.25, 0.3) is 0 Å². The van der Waals surface area contributed by atoms with Gasteiger partial charge in [-0.15, -0.1) is 0 Å². The Kier molecular flexibility index (Phi) is 6.42. The van der Waals surface area contributed by atoms with Crippen LogP contribution < -0.4 is 5.32 Å². The summed E-state index contributed by atoms with van der Waals surface area (Å²) in [6.07, 6.45) is 6.13. The molecule has 16 heavy (non-hydrogen) atoms. The van der Waals surface area contributed by atoms with Crippen LogP contribution >= 0.6 is 0 Å². The van der Waals surface area contributed by atoms with Crippen LogP contribution in [0.15, 0.2) is 0 Å². The van der Waals surface area contributed by atoms with Gasteiger partial charge < -0.3 is 15.0 Å². The highest BCUT2D eigenvalue weighted by atomic mass is 16.5. The molecule has 1 fully saturated rings. The van der Waals surface area contributed by atoms with Gasteiger partial charge in [-0.25, -0.2) is 0 Å². The van der Waals surface area contributed by atoms with E-state index < -0.39 is 0 Å². The summed E-state index contributed by atoms with van der Waals surface area (Å²) in [7, 11) is 3.57. The van der Waals surface area contributed by atoms with E-state index in [-0.39, 0.29) is 5.91 Å². The lowest BCUT2D eigenvalue weighted by Crippen LogP contribution is -2.28. The highest BCUT2D eigenvalue weighted by molar-refractivity contribution is 5.75. The van der Waals surface area contributed by atoms with E-state index in [4.69, 9.17) is 4.74 Å². The average Bonchev–Trinajstić information content (AvgIpc) is 2.75. The number of rotatable bonds is 7. The van der Waals surface area contributed by atoms with E-state index in [0.29, 0.717) is 12.5 Å². The Morgan fingerprint density at radius 2 is 2.00 bits per heavy atom. The molecule has 0 spiro atoms. The summed E-state index contributed by atoms with van der Waals surface area (Å²) in [5.41, 5.74) is 0. The molecule has 1 saturated carbocycles.